The normalized spacial score (nSPS) is 27.9. The van der Waals surface area contributed by atoms with Gasteiger partial charge in [-0.2, -0.15) is 0 Å². The Morgan fingerprint density at radius 1 is 1.47 bits per heavy atom. The van der Waals surface area contributed by atoms with Crippen molar-refractivity contribution in [3.63, 3.8) is 0 Å². The van der Waals surface area contributed by atoms with E-state index >= 15 is 0 Å². The van der Waals surface area contributed by atoms with Crippen LogP contribution in [0, 0.1) is 0 Å². The summed E-state index contributed by atoms with van der Waals surface area (Å²) in [5, 5.41) is 0. The number of para-hydroxylation sites is 1. The SMILES string of the molecule is CC1(CN(C=O)c2ccccc2)OCCS1=O. The Labute approximate surface area is 103 Å². The largest absolute Gasteiger partial charge is 0.359 e. The molecule has 0 N–H and O–H groups in total. The van der Waals surface area contributed by atoms with Gasteiger partial charge in [0.15, 0.2) is 4.93 Å². The zero-order valence-electron chi connectivity index (χ0n) is 9.67. The molecular formula is C12H15NO3S. The van der Waals surface area contributed by atoms with Crippen molar-refractivity contribution in [1.29, 1.82) is 0 Å². The second kappa shape index (κ2) is 4.98. The van der Waals surface area contributed by atoms with Gasteiger partial charge in [-0.25, -0.2) is 0 Å². The molecule has 1 aliphatic rings. The van der Waals surface area contributed by atoms with Crippen molar-refractivity contribution < 1.29 is 13.7 Å². The number of benzene rings is 1. The quantitative estimate of drug-likeness (QED) is 0.756. The van der Waals surface area contributed by atoms with Crippen LogP contribution in [0.25, 0.3) is 0 Å². The molecule has 0 radical (unpaired) electrons. The number of amides is 1. The van der Waals surface area contributed by atoms with Crippen LogP contribution in [0.5, 0.6) is 0 Å². The van der Waals surface area contributed by atoms with Crippen molar-refractivity contribution in [2.24, 2.45) is 0 Å². The average molecular weight is 253 g/mol. The van der Waals surface area contributed by atoms with Gasteiger partial charge in [0.2, 0.25) is 6.41 Å². The van der Waals surface area contributed by atoms with Gasteiger partial charge in [0.1, 0.15) is 0 Å². The van der Waals surface area contributed by atoms with Crippen LogP contribution in [-0.2, 0) is 20.3 Å². The number of hydrogen-bond acceptors (Lipinski definition) is 3. The van der Waals surface area contributed by atoms with Crippen LogP contribution in [0.2, 0.25) is 0 Å². The molecule has 17 heavy (non-hydrogen) atoms. The van der Waals surface area contributed by atoms with Gasteiger partial charge < -0.3 is 9.64 Å². The predicted molar refractivity (Wildman–Crippen MR) is 67.2 cm³/mol. The Bertz CT molecular complexity index is 423. The van der Waals surface area contributed by atoms with E-state index in [1.54, 1.807) is 6.92 Å². The van der Waals surface area contributed by atoms with Gasteiger partial charge in [0, 0.05) is 5.69 Å². The number of nitrogens with zero attached hydrogens (tertiary/aromatic N) is 1. The Morgan fingerprint density at radius 3 is 2.71 bits per heavy atom. The summed E-state index contributed by atoms with van der Waals surface area (Å²) in [7, 11) is -1.04. The third-order valence-electron chi connectivity index (χ3n) is 2.83. The van der Waals surface area contributed by atoms with Crippen molar-refractivity contribution in [2.75, 3.05) is 23.8 Å². The lowest BCUT2D eigenvalue weighted by molar-refractivity contribution is -0.108. The van der Waals surface area contributed by atoms with E-state index in [1.165, 1.54) is 4.90 Å². The summed E-state index contributed by atoms with van der Waals surface area (Å²) < 4.78 is 17.3. The number of carbonyl (C=O) groups is 1. The summed E-state index contributed by atoms with van der Waals surface area (Å²) in [6.45, 7) is 2.59. The first kappa shape index (κ1) is 12.3. The van der Waals surface area contributed by atoms with Crippen LogP contribution in [0.3, 0.4) is 0 Å². The number of carbonyl (C=O) groups excluding carboxylic acids is 1. The van der Waals surface area contributed by atoms with E-state index in [-0.39, 0.29) is 0 Å². The fourth-order valence-corrected chi connectivity index (χ4v) is 3.02. The molecule has 4 nitrogen and oxygen atoms in total. The molecule has 5 heteroatoms. The first-order chi connectivity index (χ1) is 8.15. The Balaban J connectivity index is 2.16. The molecule has 1 aliphatic heterocycles. The number of anilines is 1. The van der Waals surface area contributed by atoms with E-state index in [1.807, 2.05) is 30.3 Å². The van der Waals surface area contributed by atoms with Crippen molar-refractivity contribution in [3.8, 4) is 0 Å². The molecule has 92 valence electrons. The first-order valence-corrected chi connectivity index (χ1v) is 6.77. The van der Waals surface area contributed by atoms with Gasteiger partial charge in [0.05, 0.1) is 29.7 Å². The van der Waals surface area contributed by atoms with Crippen LogP contribution in [0.1, 0.15) is 6.92 Å². The standard InChI is InChI=1S/C12H15NO3S/c1-12(16-7-8-17(12)15)9-13(10-14)11-5-3-2-4-6-11/h2-6,10H,7-9H2,1H3. The summed E-state index contributed by atoms with van der Waals surface area (Å²) in [5.41, 5.74) is 0.788. The summed E-state index contributed by atoms with van der Waals surface area (Å²) >= 11 is 0. The average Bonchev–Trinajstić information content (AvgIpc) is 2.68. The summed E-state index contributed by atoms with van der Waals surface area (Å²) in [4.78, 5) is 11.9. The van der Waals surface area contributed by atoms with Gasteiger partial charge in [0.25, 0.3) is 0 Å². The van der Waals surface area contributed by atoms with Gasteiger partial charge in [-0.05, 0) is 19.1 Å². The molecule has 1 aromatic carbocycles. The van der Waals surface area contributed by atoms with E-state index in [2.05, 4.69) is 0 Å². The highest BCUT2D eigenvalue weighted by Crippen LogP contribution is 2.25. The van der Waals surface area contributed by atoms with E-state index in [9.17, 15) is 9.00 Å². The molecule has 1 aromatic rings. The highest BCUT2D eigenvalue weighted by molar-refractivity contribution is 7.86. The molecule has 0 spiro atoms. The van der Waals surface area contributed by atoms with E-state index < -0.39 is 15.7 Å². The van der Waals surface area contributed by atoms with Crippen LogP contribution in [-0.4, -0.2) is 34.5 Å². The Kier molecular flexibility index (Phi) is 3.59. The zero-order chi connectivity index (χ0) is 12.3. The molecular weight excluding hydrogens is 238 g/mol. The molecule has 2 atom stereocenters. The third-order valence-corrected chi connectivity index (χ3v) is 4.58. The minimum Gasteiger partial charge on any atom is -0.359 e. The van der Waals surface area contributed by atoms with Crippen molar-refractivity contribution in [2.45, 2.75) is 11.9 Å². The lowest BCUT2D eigenvalue weighted by atomic mass is 10.2. The van der Waals surface area contributed by atoms with E-state index in [0.717, 1.165) is 12.1 Å². The van der Waals surface area contributed by atoms with Crippen molar-refractivity contribution >= 4 is 22.9 Å². The molecule has 0 aromatic heterocycles. The second-order valence-corrected chi connectivity index (χ2v) is 6.06. The monoisotopic (exact) mass is 253 g/mol. The molecule has 1 saturated heterocycles. The van der Waals surface area contributed by atoms with Gasteiger partial charge in [-0.1, -0.05) is 18.2 Å². The minimum atomic E-state index is -1.04. The topological polar surface area (TPSA) is 46.6 Å². The smallest absolute Gasteiger partial charge is 0.214 e. The third kappa shape index (κ3) is 2.56. The number of hydrogen-bond donors (Lipinski definition) is 0. The van der Waals surface area contributed by atoms with E-state index in [0.29, 0.717) is 18.9 Å². The molecule has 0 aliphatic carbocycles. The maximum absolute atomic E-state index is 11.8. The summed E-state index contributed by atoms with van der Waals surface area (Å²) in [6.07, 6.45) is 0.749. The van der Waals surface area contributed by atoms with Crippen molar-refractivity contribution in [3.05, 3.63) is 30.3 Å². The molecule has 1 amide bonds. The maximum atomic E-state index is 11.8. The van der Waals surface area contributed by atoms with Gasteiger partial charge in [-0.3, -0.25) is 9.00 Å². The first-order valence-electron chi connectivity index (χ1n) is 5.45. The summed E-state index contributed by atoms with van der Waals surface area (Å²) in [6, 6.07) is 9.30. The second-order valence-electron chi connectivity index (χ2n) is 4.10. The zero-order valence-corrected chi connectivity index (χ0v) is 10.5. The molecule has 2 rings (SSSR count). The fourth-order valence-electron chi connectivity index (χ4n) is 1.85. The number of ether oxygens (including phenoxy) is 1. The van der Waals surface area contributed by atoms with E-state index in [4.69, 9.17) is 4.74 Å². The van der Waals surface area contributed by atoms with Gasteiger partial charge in [-0.15, -0.1) is 0 Å². The predicted octanol–water partition coefficient (Wildman–Crippen LogP) is 1.14. The minimum absolute atomic E-state index is 0.313. The Morgan fingerprint density at radius 2 is 2.18 bits per heavy atom. The van der Waals surface area contributed by atoms with Crippen LogP contribution in [0.15, 0.2) is 30.3 Å². The lowest BCUT2D eigenvalue weighted by Crippen LogP contribution is -2.42. The van der Waals surface area contributed by atoms with Crippen LogP contribution < -0.4 is 4.90 Å². The fraction of sp³-hybridized carbons (Fsp3) is 0.417. The van der Waals surface area contributed by atoms with Crippen LogP contribution >= 0.6 is 0 Å². The number of rotatable bonds is 4. The Hall–Kier alpha value is -1.20. The maximum Gasteiger partial charge on any atom is 0.214 e. The molecule has 0 bridgehead atoms. The highest BCUT2D eigenvalue weighted by Gasteiger charge is 2.39. The van der Waals surface area contributed by atoms with Crippen molar-refractivity contribution in [1.82, 2.24) is 0 Å². The molecule has 1 heterocycles. The summed E-state index contributed by atoms with van der Waals surface area (Å²) in [5.74, 6) is 0.540. The highest BCUT2D eigenvalue weighted by atomic mass is 32.2. The molecule has 1 fully saturated rings. The van der Waals surface area contributed by atoms with Crippen LogP contribution in [0.4, 0.5) is 5.69 Å². The molecule has 0 saturated carbocycles. The lowest BCUT2D eigenvalue weighted by Gasteiger charge is -2.28. The molecule has 2 unspecified atom stereocenters. The van der Waals surface area contributed by atoms with Gasteiger partial charge >= 0.3 is 0 Å².